The van der Waals surface area contributed by atoms with Crippen LogP contribution in [0.4, 0.5) is 5.82 Å². The van der Waals surface area contributed by atoms with Crippen molar-refractivity contribution in [2.75, 3.05) is 18.0 Å². The average Bonchev–Trinajstić information content (AvgIpc) is 2.88. The SMILES string of the molecule is Cc1cccc(-c2cc(N3CCCC(N)C3)n[nH]2)c1. The Morgan fingerprint density at radius 3 is 3.05 bits per heavy atom. The summed E-state index contributed by atoms with van der Waals surface area (Å²) >= 11 is 0. The fourth-order valence-corrected chi connectivity index (χ4v) is 2.65. The number of hydrogen-bond acceptors (Lipinski definition) is 3. The van der Waals surface area contributed by atoms with Crippen LogP contribution in [0.1, 0.15) is 18.4 Å². The van der Waals surface area contributed by atoms with E-state index in [9.17, 15) is 0 Å². The van der Waals surface area contributed by atoms with Crippen LogP contribution in [-0.2, 0) is 0 Å². The smallest absolute Gasteiger partial charge is 0.151 e. The number of aromatic amines is 1. The Hall–Kier alpha value is -1.81. The number of H-pyrrole nitrogens is 1. The zero-order valence-corrected chi connectivity index (χ0v) is 11.3. The Kier molecular flexibility index (Phi) is 3.25. The number of piperidine rings is 1. The second-order valence-electron chi connectivity index (χ2n) is 5.36. The van der Waals surface area contributed by atoms with E-state index in [-0.39, 0.29) is 6.04 Å². The van der Waals surface area contributed by atoms with Gasteiger partial charge in [-0.05, 0) is 31.4 Å². The van der Waals surface area contributed by atoms with Gasteiger partial charge in [0.1, 0.15) is 0 Å². The normalized spacial score (nSPS) is 19.7. The van der Waals surface area contributed by atoms with Crippen molar-refractivity contribution in [2.24, 2.45) is 5.73 Å². The van der Waals surface area contributed by atoms with Crippen LogP contribution in [0.15, 0.2) is 30.3 Å². The highest BCUT2D eigenvalue weighted by Gasteiger charge is 2.19. The summed E-state index contributed by atoms with van der Waals surface area (Å²) in [4.78, 5) is 2.27. The quantitative estimate of drug-likeness (QED) is 0.867. The standard InChI is InChI=1S/C15H20N4/c1-11-4-2-5-12(8-11)14-9-15(18-17-14)19-7-3-6-13(16)10-19/h2,4-5,8-9,13H,3,6-7,10,16H2,1H3,(H,17,18). The topological polar surface area (TPSA) is 57.9 Å². The first-order chi connectivity index (χ1) is 9.22. The molecule has 1 aromatic heterocycles. The second kappa shape index (κ2) is 5.05. The van der Waals surface area contributed by atoms with E-state index >= 15 is 0 Å². The molecule has 1 fully saturated rings. The molecule has 0 radical (unpaired) electrons. The minimum absolute atomic E-state index is 0.271. The number of aryl methyl sites for hydroxylation is 1. The fraction of sp³-hybridized carbons (Fsp3) is 0.400. The highest BCUT2D eigenvalue weighted by Crippen LogP contribution is 2.24. The lowest BCUT2D eigenvalue weighted by Gasteiger charge is -2.30. The fourth-order valence-electron chi connectivity index (χ4n) is 2.65. The number of hydrogen-bond donors (Lipinski definition) is 2. The van der Waals surface area contributed by atoms with E-state index in [1.54, 1.807) is 0 Å². The summed E-state index contributed by atoms with van der Waals surface area (Å²) in [5.41, 5.74) is 9.53. The minimum Gasteiger partial charge on any atom is -0.354 e. The van der Waals surface area contributed by atoms with E-state index < -0.39 is 0 Å². The molecule has 2 heterocycles. The highest BCUT2D eigenvalue weighted by atomic mass is 15.3. The molecule has 3 rings (SSSR count). The molecule has 0 aliphatic carbocycles. The second-order valence-corrected chi connectivity index (χ2v) is 5.36. The van der Waals surface area contributed by atoms with Crippen molar-refractivity contribution in [3.63, 3.8) is 0 Å². The predicted octanol–water partition coefficient (Wildman–Crippen LogP) is 2.31. The van der Waals surface area contributed by atoms with Crippen molar-refractivity contribution in [1.29, 1.82) is 0 Å². The number of nitrogens with two attached hydrogens (primary N) is 1. The van der Waals surface area contributed by atoms with Gasteiger partial charge in [-0.1, -0.05) is 23.8 Å². The van der Waals surface area contributed by atoms with Crippen LogP contribution in [-0.4, -0.2) is 29.3 Å². The van der Waals surface area contributed by atoms with Crippen LogP contribution >= 0.6 is 0 Å². The Morgan fingerprint density at radius 2 is 2.26 bits per heavy atom. The number of rotatable bonds is 2. The van der Waals surface area contributed by atoms with Gasteiger partial charge in [0.15, 0.2) is 5.82 Å². The Morgan fingerprint density at radius 1 is 1.37 bits per heavy atom. The molecule has 4 heteroatoms. The molecule has 1 aromatic carbocycles. The molecule has 1 aliphatic rings. The van der Waals surface area contributed by atoms with Gasteiger partial charge in [-0.2, -0.15) is 5.10 Å². The van der Waals surface area contributed by atoms with Gasteiger partial charge in [-0.15, -0.1) is 0 Å². The predicted molar refractivity (Wildman–Crippen MR) is 78.2 cm³/mol. The van der Waals surface area contributed by atoms with Gasteiger partial charge in [0.25, 0.3) is 0 Å². The Bertz CT molecular complexity index is 561. The van der Waals surface area contributed by atoms with Crippen LogP contribution in [0.25, 0.3) is 11.3 Å². The van der Waals surface area contributed by atoms with Gasteiger partial charge < -0.3 is 10.6 Å². The molecule has 0 bridgehead atoms. The highest BCUT2D eigenvalue weighted by molar-refractivity contribution is 5.63. The van der Waals surface area contributed by atoms with Crippen LogP contribution in [0, 0.1) is 6.92 Å². The van der Waals surface area contributed by atoms with Crippen molar-refractivity contribution >= 4 is 5.82 Å². The van der Waals surface area contributed by atoms with Gasteiger partial charge in [0.2, 0.25) is 0 Å². The number of anilines is 1. The first-order valence-electron chi connectivity index (χ1n) is 6.85. The molecule has 0 amide bonds. The van der Waals surface area contributed by atoms with Crippen LogP contribution in [0.5, 0.6) is 0 Å². The third-order valence-corrected chi connectivity index (χ3v) is 3.68. The lowest BCUT2D eigenvalue weighted by atomic mass is 10.1. The van der Waals surface area contributed by atoms with E-state index in [0.717, 1.165) is 37.4 Å². The first-order valence-corrected chi connectivity index (χ1v) is 6.85. The molecular weight excluding hydrogens is 236 g/mol. The summed E-state index contributed by atoms with van der Waals surface area (Å²) in [5.74, 6) is 1.01. The van der Waals surface area contributed by atoms with Gasteiger partial charge in [0, 0.05) is 25.2 Å². The summed E-state index contributed by atoms with van der Waals surface area (Å²) in [6, 6.07) is 10.8. The summed E-state index contributed by atoms with van der Waals surface area (Å²) in [7, 11) is 0. The summed E-state index contributed by atoms with van der Waals surface area (Å²) in [6.45, 7) is 4.05. The molecule has 1 unspecified atom stereocenters. The molecule has 2 aromatic rings. The molecule has 1 saturated heterocycles. The summed E-state index contributed by atoms with van der Waals surface area (Å²) in [5, 5.41) is 7.55. The molecule has 3 N–H and O–H groups in total. The van der Waals surface area contributed by atoms with Crippen molar-refractivity contribution in [3.8, 4) is 11.3 Å². The first kappa shape index (κ1) is 12.2. The van der Waals surface area contributed by atoms with Crippen molar-refractivity contribution in [1.82, 2.24) is 10.2 Å². The van der Waals surface area contributed by atoms with Crippen molar-refractivity contribution < 1.29 is 0 Å². The third kappa shape index (κ3) is 2.63. The van der Waals surface area contributed by atoms with Gasteiger partial charge in [0.05, 0.1) is 5.69 Å². The molecule has 4 nitrogen and oxygen atoms in total. The number of benzene rings is 1. The molecular formula is C15H20N4. The average molecular weight is 256 g/mol. The lowest BCUT2D eigenvalue weighted by Crippen LogP contribution is -2.43. The molecule has 0 spiro atoms. The maximum absolute atomic E-state index is 6.02. The number of nitrogens with zero attached hydrogens (tertiary/aromatic N) is 2. The van der Waals surface area contributed by atoms with Gasteiger partial charge >= 0.3 is 0 Å². The zero-order chi connectivity index (χ0) is 13.2. The molecule has 0 saturated carbocycles. The number of aromatic nitrogens is 2. The largest absolute Gasteiger partial charge is 0.354 e. The van der Waals surface area contributed by atoms with E-state index in [4.69, 9.17) is 5.73 Å². The van der Waals surface area contributed by atoms with Crippen molar-refractivity contribution in [3.05, 3.63) is 35.9 Å². The maximum Gasteiger partial charge on any atom is 0.151 e. The Balaban J connectivity index is 1.83. The van der Waals surface area contributed by atoms with Crippen LogP contribution < -0.4 is 10.6 Å². The maximum atomic E-state index is 6.02. The van der Waals surface area contributed by atoms with Crippen LogP contribution in [0.2, 0.25) is 0 Å². The monoisotopic (exact) mass is 256 g/mol. The van der Waals surface area contributed by atoms with E-state index in [1.165, 1.54) is 11.1 Å². The Labute approximate surface area is 113 Å². The summed E-state index contributed by atoms with van der Waals surface area (Å²) < 4.78 is 0. The van der Waals surface area contributed by atoms with Crippen molar-refractivity contribution in [2.45, 2.75) is 25.8 Å². The van der Waals surface area contributed by atoms with Crippen LogP contribution in [0.3, 0.4) is 0 Å². The molecule has 100 valence electrons. The zero-order valence-electron chi connectivity index (χ0n) is 11.3. The molecule has 1 atom stereocenters. The van der Waals surface area contributed by atoms with Gasteiger partial charge in [-0.25, -0.2) is 0 Å². The number of nitrogens with one attached hydrogen (secondary N) is 1. The minimum atomic E-state index is 0.271. The van der Waals surface area contributed by atoms with E-state index in [1.807, 2.05) is 0 Å². The molecule has 1 aliphatic heterocycles. The van der Waals surface area contributed by atoms with Gasteiger partial charge in [-0.3, -0.25) is 5.10 Å². The lowest BCUT2D eigenvalue weighted by molar-refractivity contribution is 0.503. The van der Waals surface area contributed by atoms with E-state index in [0.29, 0.717) is 0 Å². The summed E-state index contributed by atoms with van der Waals surface area (Å²) in [6.07, 6.45) is 2.26. The van der Waals surface area contributed by atoms with E-state index in [2.05, 4.69) is 52.4 Å². The molecule has 19 heavy (non-hydrogen) atoms. The third-order valence-electron chi connectivity index (χ3n) is 3.68.